The van der Waals surface area contributed by atoms with E-state index in [-0.39, 0.29) is 5.56 Å². The Morgan fingerprint density at radius 3 is 2.65 bits per heavy atom. The van der Waals surface area contributed by atoms with Crippen LogP contribution in [-0.2, 0) is 6.54 Å². The number of hydrogen-bond acceptors (Lipinski definition) is 4. The number of rotatable bonds is 6. The number of ether oxygens (including phenoxy) is 1. The first-order chi connectivity index (χ1) is 15.1. The predicted octanol–water partition coefficient (Wildman–Crippen LogP) is 5.02. The molecule has 0 spiro atoms. The van der Waals surface area contributed by atoms with Gasteiger partial charge in [-0.2, -0.15) is 0 Å². The largest absolute Gasteiger partial charge is 0.494 e. The zero-order valence-corrected chi connectivity index (χ0v) is 17.2. The van der Waals surface area contributed by atoms with E-state index in [4.69, 9.17) is 9.73 Å². The Balaban J connectivity index is 1.86. The van der Waals surface area contributed by atoms with Gasteiger partial charge >= 0.3 is 0 Å². The molecule has 4 rings (SSSR count). The van der Waals surface area contributed by atoms with Crippen molar-refractivity contribution in [2.45, 2.75) is 13.0 Å². The van der Waals surface area contributed by atoms with Crippen molar-refractivity contribution < 1.29 is 13.5 Å². The summed E-state index contributed by atoms with van der Waals surface area (Å²) in [5, 5.41) is 0. The predicted molar refractivity (Wildman–Crippen MR) is 118 cm³/mol. The zero-order valence-electron chi connectivity index (χ0n) is 17.2. The van der Waals surface area contributed by atoms with Crippen LogP contribution in [0, 0.1) is 11.6 Å². The lowest BCUT2D eigenvalue weighted by Gasteiger charge is -2.35. The molecule has 1 aromatic heterocycles. The monoisotopic (exact) mass is 420 g/mol. The molecule has 1 aliphatic rings. The zero-order chi connectivity index (χ0) is 21.8. The second-order valence-corrected chi connectivity index (χ2v) is 7.20. The van der Waals surface area contributed by atoms with Crippen molar-refractivity contribution in [1.82, 2.24) is 9.88 Å². The summed E-state index contributed by atoms with van der Waals surface area (Å²) in [6.07, 6.45) is 4.55. The van der Waals surface area contributed by atoms with Gasteiger partial charge in [0.2, 0.25) is 0 Å². The fraction of sp³-hybridized carbons (Fsp3) is 0.208. The first-order valence-corrected chi connectivity index (χ1v) is 9.93. The van der Waals surface area contributed by atoms with Gasteiger partial charge in [-0.05, 0) is 54.6 Å². The van der Waals surface area contributed by atoms with Crippen molar-refractivity contribution in [2.24, 2.45) is 9.98 Å². The third kappa shape index (κ3) is 4.30. The van der Waals surface area contributed by atoms with Gasteiger partial charge in [0.1, 0.15) is 28.9 Å². The van der Waals surface area contributed by atoms with Crippen LogP contribution in [0.25, 0.3) is 11.1 Å². The summed E-state index contributed by atoms with van der Waals surface area (Å²) in [6, 6.07) is 10.8. The summed E-state index contributed by atoms with van der Waals surface area (Å²) in [7, 11) is 1.52. The molecule has 0 saturated carbocycles. The Kier molecular flexibility index (Phi) is 6.02. The average Bonchev–Trinajstić information content (AvgIpc) is 2.75. The Bertz CT molecular complexity index is 1130. The van der Waals surface area contributed by atoms with Gasteiger partial charge in [-0.15, -0.1) is 0 Å². The van der Waals surface area contributed by atoms with Gasteiger partial charge < -0.3 is 9.64 Å². The normalized spacial score (nSPS) is 13.6. The maximum atomic E-state index is 14.5. The molecule has 7 heteroatoms. The summed E-state index contributed by atoms with van der Waals surface area (Å²) in [5.41, 5.74) is 3.02. The fourth-order valence-electron chi connectivity index (χ4n) is 3.52. The maximum absolute atomic E-state index is 14.5. The molecular weight excluding hydrogens is 398 g/mol. The van der Waals surface area contributed by atoms with E-state index in [1.54, 1.807) is 18.5 Å². The van der Waals surface area contributed by atoms with Crippen molar-refractivity contribution in [1.29, 1.82) is 0 Å². The van der Waals surface area contributed by atoms with Crippen LogP contribution >= 0.6 is 0 Å². The molecule has 1 fully saturated rings. The Morgan fingerprint density at radius 1 is 1.19 bits per heavy atom. The second kappa shape index (κ2) is 9.04. The van der Waals surface area contributed by atoms with Crippen molar-refractivity contribution >= 4 is 18.2 Å². The molecule has 2 heterocycles. The molecule has 1 aliphatic heterocycles. The van der Waals surface area contributed by atoms with Gasteiger partial charge in [-0.1, -0.05) is 6.07 Å². The first kappa shape index (κ1) is 20.7. The molecule has 5 nitrogen and oxygen atoms in total. The van der Waals surface area contributed by atoms with Crippen molar-refractivity contribution in [3.05, 3.63) is 77.6 Å². The van der Waals surface area contributed by atoms with E-state index in [0.29, 0.717) is 29.1 Å². The van der Waals surface area contributed by atoms with Crippen LogP contribution in [0.1, 0.15) is 17.5 Å². The summed E-state index contributed by atoms with van der Waals surface area (Å²) in [4.78, 5) is 15.3. The molecule has 0 N–H and O–H groups in total. The fourth-order valence-corrected chi connectivity index (χ4v) is 3.52. The highest BCUT2D eigenvalue weighted by Crippen LogP contribution is 2.38. The van der Waals surface area contributed by atoms with E-state index in [1.807, 2.05) is 18.2 Å². The molecule has 0 aliphatic carbocycles. The molecule has 1 saturated heterocycles. The van der Waals surface area contributed by atoms with Crippen molar-refractivity contribution in [3.63, 3.8) is 0 Å². The minimum absolute atomic E-state index is 0.270. The average molecular weight is 420 g/mol. The topological polar surface area (TPSA) is 50.1 Å². The number of nitrogens with zero attached hydrogens (tertiary/aromatic N) is 4. The van der Waals surface area contributed by atoms with E-state index < -0.39 is 11.6 Å². The number of halogens is 2. The van der Waals surface area contributed by atoms with E-state index in [1.165, 1.54) is 19.2 Å². The molecule has 0 amide bonds. The Labute approximate surface area is 179 Å². The van der Waals surface area contributed by atoms with Gasteiger partial charge in [0, 0.05) is 42.7 Å². The number of benzene rings is 2. The number of aliphatic imine (C=N–C) groups is 2. The van der Waals surface area contributed by atoms with Crippen LogP contribution in [-0.4, -0.2) is 42.6 Å². The van der Waals surface area contributed by atoms with Crippen LogP contribution in [0.5, 0.6) is 5.75 Å². The van der Waals surface area contributed by atoms with E-state index in [0.717, 1.165) is 37.0 Å². The van der Waals surface area contributed by atoms with Gasteiger partial charge in [-0.25, -0.2) is 8.78 Å². The van der Waals surface area contributed by atoms with Crippen LogP contribution in [0.15, 0.2) is 64.8 Å². The Hall–Kier alpha value is -3.61. The number of likely N-dealkylation sites (tertiary alicyclic amines) is 1. The minimum Gasteiger partial charge on any atom is -0.494 e. The van der Waals surface area contributed by atoms with E-state index >= 15 is 0 Å². The van der Waals surface area contributed by atoms with E-state index in [9.17, 15) is 8.78 Å². The number of aromatic nitrogens is 1. The third-order valence-corrected chi connectivity index (χ3v) is 5.23. The smallest absolute Gasteiger partial charge is 0.145 e. The lowest BCUT2D eigenvalue weighted by atomic mass is 9.98. The lowest BCUT2D eigenvalue weighted by molar-refractivity contribution is 0.299. The first-order valence-electron chi connectivity index (χ1n) is 9.93. The summed E-state index contributed by atoms with van der Waals surface area (Å²) in [6.45, 7) is 5.86. The molecule has 0 bridgehead atoms. The van der Waals surface area contributed by atoms with Crippen LogP contribution in [0.4, 0.5) is 14.5 Å². The van der Waals surface area contributed by atoms with Crippen molar-refractivity contribution in [3.8, 4) is 16.9 Å². The molecule has 2 aromatic carbocycles. The second-order valence-electron chi connectivity index (χ2n) is 7.20. The molecule has 3 aromatic rings. The maximum Gasteiger partial charge on any atom is 0.145 e. The lowest BCUT2D eigenvalue weighted by Crippen LogP contribution is -2.42. The van der Waals surface area contributed by atoms with Gasteiger partial charge in [0.25, 0.3) is 0 Å². The quantitative estimate of drug-likeness (QED) is 0.416. The molecule has 0 atom stereocenters. The molecular formula is C24H22F2N4O. The number of pyridine rings is 1. The van der Waals surface area contributed by atoms with E-state index in [2.05, 4.69) is 21.6 Å². The Morgan fingerprint density at radius 2 is 2.03 bits per heavy atom. The third-order valence-electron chi connectivity index (χ3n) is 5.23. The summed E-state index contributed by atoms with van der Waals surface area (Å²) >= 11 is 0. The minimum atomic E-state index is -0.648. The van der Waals surface area contributed by atoms with Crippen molar-refractivity contribution in [2.75, 3.05) is 20.2 Å². The van der Waals surface area contributed by atoms with Gasteiger partial charge in [-0.3, -0.25) is 15.0 Å². The van der Waals surface area contributed by atoms with Crippen LogP contribution in [0.3, 0.4) is 0 Å². The molecule has 0 unspecified atom stereocenters. The summed E-state index contributed by atoms with van der Waals surface area (Å²) < 4.78 is 33.5. The number of methoxy groups -OCH3 is 1. The van der Waals surface area contributed by atoms with Gasteiger partial charge in [0.15, 0.2) is 0 Å². The standard InChI is InChI=1S/C24H22F2N4O/c1-27-23-20(24(30-9-4-10-30)29-15-16-5-3-8-28-14-16)11-17(12-22(23)31-2)19-7-6-18(25)13-21(19)26/h3,5-8,11-14H,1,4,9-10,15H2,2H3. The van der Waals surface area contributed by atoms with Crippen LogP contribution < -0.4 is 4.74 Å². The highest BCUT2D eigenvalue weighted by atomic mass is 19.1. The molecule has 0 radical (unpaired) electrons. The highest BCUT2D eigenvalue weighted by molar-refractivity contribution is 6.05. The van der Waals surface area contributed by atoms with Crippen LogP contribution in [0.2, 0.25) is 0 Å². The number of hydrogen-bond donors (Lipinski definition) is 0. The van der Waals surface area contributed by atoms with Gasteiger partial charge in [0.05, 0.1) is 13.7 Å². The summed E-state index contributed by atoms with van der Waals surface area (Å²) in [5.74, 6) is -0.0942. The molecule has 158 valence electrons. The highest BCUT2D eigenvalue weighted by Gasteiger charge is 2.25. The number of amidine groups is 1. The SMILES string of the molecule is C=Nc1c(OC)cc(-c2ccc(F)cc2F)cc1C(=NCc1cccnc1)N1CCC1. The molecule has 31 heavy (non-hydrogen) atoms.